The summed E-state index contributed by atoms with van der Waals surface area (Å²) < 4.78 is 16.1. The SMILES string of the molecule is [B]c1ccc(OCC(=O)O)c(-c2coc(Cc3cccc(OC)c3)n2)c1. The Morgan fingerprint density at radius 3 is 2.88 bits per heavy atom. The molecule has 0 unspecified atom stereocenters. The van der Waals surface area contributed by atoms with E-state index in [9.17, 15) is 4.79 Å². The molecule has 0 aliphatic rings. The van der Waals surface area contributed by atoms with Gasteiger partial charge in [0.05, 0.1) is 7.11 Å². The van der Waals surface area contributed by atoms with Gasteiger partial charge in [-0.05, 0) is 23.8 Å². The first-order valence-corrected chi connectivity index (χ1v) is 7.87. The highest BCUT2D eigenvalue weighted by Gasteiger charge is 2.13. The molecule has 6 nitrogen and oxygen atoms in total. The zero-order valence-electron chi connectivity index (χ0n) is 14.1. The van der Waals surface area contributed by atoms with Crippen molar-refractivity contribution >= 4 is 19.3 Å². The first kappa shape index (κ1) is 17.6. The van der Waals surface area contributed by atoms with Crippen molar-refractivity contribution in [3.8, 4) is 22.8 Å². The number of ether oxygens (including phenoxy) is 2. The van der Waals surface area contributed by atoms with Crippen molar-refractivity contribution in [1.82, 2.24) is 4.98 Å². The number of hydrogen-bond donors (Lipinski definition) is 1. The van der Waals surface area contributed by atoms with Gasteiger partial charge in [-0.2, -0.15) is 0 Å². The van der Waals surface area contributed by atoms with E-state index in [1.165, 1.54) is 6.26 Å². The molecule has 1 aromatic heterocycles. The Labute approximate surface area is 151 Å². The smallest absolute Gasteiger partial charge is 0.341 e. The van der Waals surface area contributed by atoms with Gasteiger partial charge in [0.15, 0.2) is 12.5 Å². The average Bonchev–Trinajstić information content (AvgIpc) is 3.09. The summed E-state index contributed by atoms with van der Waals surface area (Å²) in [5.74, 6) is 0.587. The Morgan fingerprint density at radius 2 is 2.12 bits per heavy atom. The Balaban J connectivity index is 1.84. The molecule has 2 radical (unpaired) electrons. The number of methoxy groups -OCH3 is 1. The number of carbonyl (C=O) groups is 1. The van der Waals surface area contributed by atoms with Crippen molar-refractivity contribution in [2.75, 3.05) is 13.7 Å². The van der Waals surface area contributed by atoms with Crippen LogP contribution in [0.1, 0.15) is 11.5 Å². The van der Waals surface area contributed by atoms with Crippen LogP contribution in [-0.2, 0) is 11.2 Å². The fraction of sp³-hybridized carbons (Fsp3) is 0.158. The monoisotopic (exact) mass is 349 g/mol. The summed E-state index contributed by atoms with van der Waals surface area (Å²) in [4.78, 5) is 15.2. The summed E-state index contributed by atoms with van der Waals surface area (Å²) >= 11 is 0. The van der Waals surface area contributed by atoms with Gasteiger partial charge in [0.25, 0.3) is 0 Å². The van der Waals surface area contributed by atoms with E-state index in [0.29, 0.717) is 34.8 Å². The van der Waals surface area contributed by atoms with Crippen LogP contribution in [0.25, 0.3) is 11.3 Å². The molecule has 26 heavy (non-hydrogen) atoms. The highest BCUT2D eigenvalue weighted by atomic mass is 16.5. The van der Waals surface area contributed by atoms with Crippen molar-refractivity contribution in [3.63, 3.8) is 0 Å². The molecule has 2 aromatic carbocycles. The van der Waals surface area contributed by atoms with Crippen molar-refractivity contribution < 1.29 is 23.8 Å². The number of oxazole rings is 1. The number of hydrogen-bond acceptors (Lipinski definition) is 5. The highest BCUT2D eigenvalue weighted by Crippen LogP contribution is 2.29. The van der Waals surface area contributed by atoms with Crippen molar-refractivity contribution in [1.29, 1.82) is 0 Å². The number of carboxylic acid groups (broad SMARTS) is 1. The van der Waals surface area contributed by atoms with Crippen LogP contribution in [0.3, 0.4) is 0 Å². The summed E-state index contributed by atoms with van der Waals surface area (Å²) in [6.45, 7) is -0.453. The van der Waals surface area contributed by atoms with E-state index < -0.39 is 12.6 Å². The van der Waals surface area contributed by atoms with Crippen LogP contribution >= 0.6 is 0 Å². The quantitative estimate of drug-likeness (QED) is 0.659. The Hall–Kier alpha value is -3.22. The molecule has 0 spiro atoms. The van der Waals surface area contributed by atoms with Crippen molar-refractivity contribution in [3.05, 3.63) is 60.2 Å². The van der Waals surface area contributed by atoms with Crippen LogP contribution in [0.5, 0.6) is 11.5 Å². The molecule has 7 heteroatoms. The minimum Gasteiger partial charge on any atom is -0.497 e. The lowest BCUT2D eigenvalue weighted by molar-refractivity contribution is -0.139. The van der Waals surface area contributed by atoms with E-state index in [0.717, 1.165) is 11.3 Å². The van der Waals surface area contributed by atoms with Crippen LogP contribution in [0.4, 0.5) is 0 Å². The molecule has 0 atom stereocenters. The maximum absolute atomic E-state index is 10.8. The molecule has 0 saturated heterocycles. The highest BCUT2D eigenvalue weighted by molar-refractivity contribution is 6.32. The predicted molar refractivity (Wildman–Crippen MR) is 96.3 cm³/mol. The molecular formula is C19H16BNO5. The van der Waals surface area contributed by atoms with Crippen molar-refractivity contribution in [2.24, 2.45) is 0 Å². The molecule has 0 amide bonds. The molecule has 1 heterocycles. The van der Waals surface area contributed by atoms with Gasteiger partial charge in [-0.25, -0.2) is 9.78 Å². The number of benzene rings is 2. The Kier molecular flexibility index (Phi) is 5.27. The Morgan fingerprint density at radius 1 is 1.27 bits per heavy atom. The number of aliphatic carboxylic acids is 1. The summed E-state index contributed by atoms with van der Waals surface area (Å²) in [6, 6.07) is 12.5. The minimum atomic E-state index is -1.06. The van der Waals surface area contributed by atoms with Crippen LogP contribution in [-0.4, -0.2) is 37.6 Å². The van der Waals surface area contributed by atoms with E-state index in [1.807, 2.05) is 24.3 Å². The summed E-state index contributed by atoms with van der Waals surface area (Å²) in [5, 5.41) is 8.81. The lowest BCUT2D eigenvalue weighted by Gasteiger charge is -2.09. The number of rotatable bonds is 7. The van der Waals surface area contributed by atoms with Gasteiger partial charge < -0.3 is 19.0 Å². The van der Waals surface area contributed by atoms with Gasteiger partial charge in [-0.3, -0.25) is 0 Å². The largest absolute Gasteiger partial charge is 0.497 e. The Bertz CT molecular complexity index is 922. The molecule has 3 aromatic rings. The lowest BCUT2D eigenvalue weighted by atomic mass is 9.93. The summed E-state index contributed by atoms with van der Waals surface area (Å²) in [5.41, 5.74) is 2.61. The third kappa shape index (κ3) is 4.24. The van der Waals surface area contributed by atoms with Gasteiger partial charge in [0, 0.05) is 12.0 Å². The molecule has 0 aliphatic carbocycles. The second kappa shape index (κ2) is 7.78. The zero-order valence-corrected chi connectivity index (χ0v) is 14.1. The van der Waals surface area contributed by atoms with E-state index in [1.54, 1.807) is 25.3 Å². The predicted octanol–water partition coefficient (Wildman–Crippen LogP) is 2.20. The summed E-state index contributed by atoms with van der Waals surface area (Å²) in [6.07, 6.45) is 1.99. The van der Waals surface area contributed by atoms with Crippen LogP contribution in [0.15, 0.2) is 53.1 Å². The van der Waals surface area contributed by atoms with Crippen molar-refractivity contribution in [2.45, 2.75) is 6.42 Å². The maximum Gasteiger partial charge on any atom is 0.341 e. The zero-order chi connectivity index (χ0) is 18.5. The van der Waals surface area contributed by atoms with E-state index in [4.69, 9.17) is 26.8 Å². The molecule has 0 bridgehead atoms. The van der Waals surface area contributed by atoms with Gasteiger partial charge >= 0.3 is 5.97 Å². The normalized spacial score (nSPS) is 10.5. The van der Waals surface area contributed by atoms with Gasteiger partial charge in [0.1, 0.15) is 31.3 Å². The molecule has 0 saturated carbocycles. The second-order valence-electron chi connectivity index (χ2n) is 5.59. The number of carboxylic acids is 1. The summed E-state index contributed by atoms with van der Waals surface area (Å²) in [7, 11) is 7.45. The van der Waals surface area contributed by atoms with Crippen LogP contribution < -0.4 is 14.9 Å². The van der Waals surface area contributed by atoms with E-state index in [-0.39, 0.29) is 0 Å². The van der Waals surface area contributed by atoms with Gasteiger partial charge in [-0.15, -0.1) is 0 Å². The van der Waals surface area contributed by atoms with Crippen LogP contribution in [0, 0.1) is 0 Å². The third-order valence-corrected chi connectivity index (χ3v) is 3.67. The van der Waals surface area contributed by atoms with Gasteiger partial charge in [-0.1, -0.05) is 29.7 Å². The topological polar surface area (TPSA) is 81.8 Å². The maximum atomic E-state index is 10.8. The number of aromatic nitrogens is 1. The molecule has 130 valence electrons. The molecule has 0 aliphatic heterocycles. The first-order chi connectivity index (χ1) is 12.5. The fourth-order valence-electron chi connectivity index (χ4n) is 2.49. The minimum absolute atomic E-state index is 0.378. The molecule has 1 N–H and O–H groups in total. The van der Waals surface area contributed by atoms with E-state index in [2.05, 4.69) is 4.98 Å². The first-order valence-electron chi connectivity index (χ1n) is 7.87. The second-order valence-corrected chi connectivity index (χ2v) is 5.59. The lowest BCUT2D eigenvalue weighted by Crippen LogP contribution is -2.11. The fourth-order valence-corrected chi connectivity index (χ4v) is 2.49. The molecular weight excluding hydrogens is 333 g/mol. The molecule has 0 fully saturated rings. The molecule has 3 rings (SSSR count). The van der Waals surface area contributed by atoms with Gasteiger partial charge in [0.2, 0.25) is 0 Å². The van der Waals surface area contributed by atoms with E-state index >= 15 is 0 Å². The van der Waals surface area contributed by atoms with Crippen LogP contribution in [0.2, 0.25) is 0 Å². The third-order valence-electron chi connectivity index (χ3n) is 3.67. The standard InChI is InChI=1S/C19H16BNO5/c1-24-14-4-2-3-12(7-14)8-18-21-16(10-26-18)15-9-13(20)5-6-17(15)25-11-19(22)23/h2-7,9-10H,8,11H2,1H3,(H,22,23). The average molecular weight is 349 g/mol. The number of nitrogens with zero attached hydrogens (tertiary/aromatic N) is 1.